The van der Waals surface area contributed by atoms with Crippen LogP contribution in [0.15, 0.2) is 16.9 Å². The number of hydrogen-bond donors (Lipinski definition) is 1. The zero-order valence-corrected chi connectivity index (χ0v) is 13.0. The second-order valence-corrected chi connectivity index (χ2v) is 6.05. The Labute approximate surface area is 125 Å². The van der Waals surface area contributed by atoms with E-state index in [1.54, 1.807) is 11.9 Å². The molecule has 2 atom stereocenters. The van der Waals surface area contributed by atoms with Crippen LogP contribution in [-0.2, 0) is 9.59 Å². The molecule has 1 saturated heterocycles. The summed E-state index contributed by atoms with van der Waals surface area (Å²) in [7, 11) is 1.75. The Morgan fingerprint density at radius 3 is 2.43 bits per heavy atom. The van der Waals surface area contributed by atoms with Crippen molar-refractivity contribution in [2.45, 2.75) is 45.6 Å². The van der Waals surface area contributed by atoms with Crippen LogP contribution in [0.25, 0.3) is 0 Å². The van der Waals surface area contributed by atoms with Crippen LogP contribution in [0.4, 0.5) is 0 Å². The van der Waals surface area contributed by atoms with Crippen molar-refractivity contribution in [3.8, 4) is 0 Å². The van der Waals surface area contributed by atoms with Crippen LogP contribution in [0.5, 0.6) is 0 Å². The normalized spacial score (nSPS) is 27.1. The van der Waals surface area contributed by atoms with Gasteiger partial charge >= 0.3 is 5.97 Å². The SMILES string of the molecule is CC1=CC(C)=N[N+]1(C)[C@H](CC(=O)N1CCCCC1)C(=O)O. The van der Waals surface area contributed by atoms with E-state index in [0.29, 0.717) is 0 Å². The predicted molar refractivity (Wildman–Crippen MR) is 79.5 cm³/mol. The highest BCUT2D eigenvalue weighted by Gasteiger charge is 2.45. The molecule has 0 saturated carbocycles. The lowest BCUT2D eigenvalue weighted by atomic mass is 10.1. The molecule has 0 radical (unpaired) electrons. The molecule has 116 valence electrons. The Kier molecular flexibility index (Phi) is 4.46. The van der Waals surface area contributed by atoms with E-state index in [1.165, 1.54) is 0 Å². The molecule has 1 N–H and O–H groups in total. The summed E-state index contributed by atoms with van der Waals surface area (Å²) in [6.07, 6.45) is 5.03. The predicted octanol–water partition coefficient (Wildman–Crippen LogP) is 1.58. The number of aliphatic carboxylic acids is 1. The number of rotatable bonds is 4. The number of hydrogen-bond acceptors (Lipinski definition) is 3. The molecule has 0 aromatic carbocycles. The third-order valence-corrected chi connectivity index (χ3v) is 4.47. The highest BCUT2D eigenvalue weighted by Crippen LogP contribution is 2.28. The number of carboxylic acids is 1. The maximum atomic E-state index is 12.4. The molecular weight excluding hydrogens is 270 g/mol. The molecule has 2 aliphatic heterocycles. The first-order valence-corrected chi connectivity index (χ1v) is 7.47. The summed E-state index contributed by atoms with van der Waals surface area (Å²) in [4.78, 5) is 25.9. The van der Waals surface area contributed by atoms with Gasteiger partial charge in [0.2, 0.25) is 11.9 Å². The molecule has 0 aromatic rings. The van der Waals surface area contributed by atoms with Gasteiger partial charge in [0.15, 0.2) is 0 Å². The summed E-state index contributed by atoms with van der Waals surface area (Å²) >= 11 is 0. The second-order valence-electron chi connectivity index (χ2n) is 6.05. The van der Waals surface area contributed by atoms with Gasteiger partial charge in [0, 0.05) is 26.1 Å². The summed E-state index contributed by atoms with van der Waals surface area (Å²) in [5, 5.41) is 14.0. The molecule has 0 aliphatic carbocycles. The van der Waals surface area contributed by atoms with Crippen molar-refractivity contribution in [3.05, 3.63) is 11.8 Å². The molecule has 1 fully saturated rings. The molecule has 6 heteroatoms. The van der Waals surface area contributed by atoms with Gasteiger partial charge in [-0.3, -0.25) is 4.79 Å². The average Bonchev–Trinajstić information content (AvgIpc) is 2.70. The van der Waals surface area contributed by atoms with Crippen LogP contribution in [0.2, 0.25) is 0 Å². The van der Waals surface area contributed by atoms with E-state index < -0.39 is 12.0 Å². The standard InChI is InChI=1S/C15H23N3O3/c1-11-9-12(2)18(3,16-11)13(15(20)21)10-14(19)17-7-5-4-6-8-17/h9,13H,4-8,10H2,1-3H3/p+1/t13-,18?/m1/s1. The number of carbonyl (C=O) groups excluding carboxylic acids is 1. The highest BCUT2D eigenvalue weighted by atomic mass is 16.4. The quantitative estimate of drug-likeness (QED) is 0.800. The lowest BCUT2D eigenvalue weighted by Crippen LogP contribution is -2.52. The number of carboxylic acid groups (broad SMARTS) is 1. The third-order valence-electron chi connectivity index (χ3n) is 4.47. The molecule has 6 nitrogen and oxygen atoms in total. The van der Waals surface area contributed by atoms with Crippen LogP contribution in [-0.4, -0.2) is 58.4 Å². The molecule has 2 aliphatic rings. The fraction of sp³-hybridized carbons (Fsp3) is 0.667. The fourth-order valence-electron chi connectivity index (χ4n) is 3.10. The van der Waals surface area contributed by atoms with Gasteiger partial charge in [0.25, 0.3) is 0 Å². The van der Waals surface area contributed by atoms with Gasteiger partial charge in [-0.2, -0.15) is 4.59 Å². The first-order chi connectivity index (χ1) is 9.84. The van der Waals surface area contributed by atoms with E-state index in [0.717, 1.165) is 43.8 Å². The van der Waals surface area contributed by atoms with Gasteiger partial charge in [-0.05, 0) is 26.2 Å². The number of amides is 1. The maximum absolute atomic E-state index is 12.4. The molecule has 0 aromatic heterocycles. The van der Waals surface area contributed by atoms with Crippen molar-refractivity contribution >= 4 is 17.6 Å². The van der Waals surface area contributed by atoms with Crippen molar-refractivity contribution in [2.24, 2.45) is 5.10 Å². The van der Waals surface area contributed by atoms with Gasteiger partial charge in [-0.15, -0.1) is 0 Å². The molecule has 21 heavy (non-hydrogen) atoms. The second kappa shape index (κ2) is 5.97. The average molecular weight is 294 g/mol. The minimum absolute atomic E-state index is 0.00616. The van der Waals surface area contributed by atoms with Gasteiger partial charge in [0.1, 0.15) is 5.70 Å². The van der Waals surface area contributed by atoms with Crippen molar-refractivity contribution in [2.75, 3.05) is 20.1 Å². The monoisotopic (exact) mass is 294 g/mol. The first-order valence-electron chi connectivity index (χ1n) is 7.47. The zero-order chi connectivity index (χ0) is 15.6. The summed E-state index contributed by atoms with van der Waals surface area (Å²) in [5.41, 5.74) is 1.65. The maximum Gasteiger partial charge on any atom is 0.366 e. The minimum atomic E-state index is -0.978. The number of likely N-dealkylation sites (N-methyl/N-ethyl adjacent to an activating group) is 1. The number of likely N-dealkylation sites (tertiary alicyclic amines) is 1. The van der Waals surface area contributed by atoms with E-state index >= 15 is 0 Å². The van der Waals surface area contributed by atoms with Crippen molar-refractivity contribution in [1.29, 1.82) is 0 Å². The topological polar surface area (TPSA) is 70.0 Å². The van der Waals surface area contributed by atoms with Crippen LogP contribution < -0.4 is 0 Å². The van der Waals surface area contributed by atoms with E-state index in [2.05, 4.69) is 5.10 Å². The van der Waals surface area contributed by atoms with Crippen molar-refractivity contribution < 1.29 is 19.3 Å². The van der Waals surface area contributed by atoms with Gasteiger partial charge < -0.3 is 10.0 Å². The largest absolute Gasteiger partial charge is 0.477 e. The molecular formula is C15H24N3O3+. The first kappa shape index (κ1) is 15.7. The van der Waals surface area contributed by atoms with Crippen LogP contribution in [0, 0.1) is 0 Å². The minimum Gasteiger partial charge on any atom is -0.477 e. The van der Waals surface area contributed by atoms with Crippen molar-refractivity contribution in [3.63, 3.8) is 0 Å². The van der Waals surface area contributed by atoms with E-state index in [-0.39, 0.29) is 16.9 Å². The molecule has 2 heterocycles. The Morgan fingerprint density at radius 1 is 1.33 bits per heavy atom. The molecule has 1 unspecified atom stereocenters. The zero-order valence-electron chi connectivity index (χ0n) is 13.0. The van der Waals surface area contributed by atoms with Crippen molar-refractivity contribution in [1.82, 2.24) is 4.90 Å². The Hall–Kier alpha value is -1.69. The highest BCUT2D eigenvalue weighted by molar-refractivity contribution is 5.94. The number of nitrogens with zero attached hydrogens (tertiary/aromatic N) is 3. The van der Waals surface area contributed by atoms with E-state index in [9.17, 15) is 14.7 Å². The summed E-state index contributed by atoms with van der Waals surface area (Å²) in [6, 6.07) is -0.867. The number of carbonyl (C=O) groups is 2. The summed E-state index contributed by atoms with van der Waals surface area (Å²) in [5.74, 6) is -1.05. The van der Waals surface area contributed by atoms with Crippen LogP contribution in [0.3, 0.4) is 0 Å². The van der Waals surface area contributed by atoms with Gasteiger partial charge in [0.05, 0.1) is 19.2 Å². The fourth-order valence-corrected chi connectivity index (χ4v) is 3.10. The Bertz CT molecular complexity index is 506. The van der Waals surface area contributed by atoms with Crippen LogP contribution >= 0.6 is 0 Å². The molecule has 0 bridgehead atoms. The van der Waals surface area contributed by atoms with E-state index in [1.807, 2.05) is 19.9 Å². The van der Waals surface area contributed by atoms with E-state index in [4.69, 9.17) is 0 Å². The summed E-state index contributed by atoms with van der Waals surface area (Å²) in [6.45, 7) is 5.19. The number of quaternary nitrogens is 1. The molecule has 1 amide bonds. The molecule has 0 spiro atoms. The number of piperidine rings is 1. The lowest BCUT2D eigenvalue weighted by Gasteiger charge is -2.33. The van der Waals surface area contributed by atoms with Gasteiger partial charge in [-0.1, -0.05) is 5.10 Å². The smallest absolute Gasteiger partial charge is 0.366 e. The Morgan fingerprint density at radius 2 is 1.95 bits per heavy atom. The molecule has 2 rings (SSSR count). The Balaban J connectivity index is 2.15. The van der Waals surface area contributed by atoms with Crippen LogP contribution in [0.1, 0.15) is 39.5 Å². The summed E-state index contributed by atoms with van der Waals surface area (Å²) < 4.78 is -0.0548. The number of allylic oxidation sites excluding steroid dienone is 2. The third kappa shape index (κ3) is 3.15. The van der Waals surface area contributed by atoms with Gasteiger partial charge in [-0.25, -0.2) is 4.79 Å². The lowest BCUT2D eigenvalue weighted by molar-refractivity contribution is -0.892.